The van der Waals surface area contributed by atoms with Crippen LogP contribution < -0.4 is 5.01 Å². The number of ketones is 1. The van der Waals surface area contributed by atoms with Crippen molar-refractivity contribution in [1.82, 2.24) is 19.4 Å². The van der Waals surface area contributed by atoms with E-state index in [1.54, 1.807) is 35.2 Å². The number of amides is 2. The number of phosphoric ester groups is 1. The molecule has 0 unspecified atom stereocenters. The topological polar surface area (TPSA) is 170 Å². The lowest BCUT2D eigenvalue weighted by Crippen LogP contribution is -2.52. The molecule has 5 rings (SSSR count). The first-order valence-electron chi connectivity index (χ1n) is 11.8. The van der Waals surface area contributed by atoms with Crippen LogP contribution in [0.3, 0.4) is 0 Å². The zero-order chi connectivity index (χ0) is 27.7. The van der Waals surface area contributed by atoms with Crippen molar-refractivity contribution in [3.8, 4) is 0 Å². The van der Waals surface area contributed by atoms with Gasteiger partial charge < -0.3 is 24.2 Å². The molecule has 1 fully saturated rings. The first-order chi connectivity index (χ1) is 18.6. The summed E-state index contributed by atoms with van der Waals surface area (Å²) in [5, 5.41) is 8.84. The first-order valence-corrected chi connectivity index (χ1v) is 13.4. The van der Waals surface area contributed by atoms with Crippen LogP contribution in [0.5, 0.6) is 0 Å². The summed E-state index contributed by atoms with van der Waals surface area (Å²) in [6.45, 7) is 0.459. The van der Waals surface area contributed by atoms with Crippen LogP contribution in [0, 0.1) is 5.82 Å². The maximum Gasteiger partial charge on any atom is 0.471 e. The van der Waals surface area contributed by atoms with Gasteiger partial charge in [-0.2, -0.15) is 5.11 Å². The minimum absolute atomic E-state index is 0. The van der Waals surface area contributed by atoms with E-state index in [2.05, 4.69) is 19.8 Å². The lowest BCUT2D eigenvalue weighted by molar-refractivity contribution is -0.127. The van der Waals surface area contributed by atoms with Crippen LogP contribution in [0.15, 0.2) is 53.1 Å². The Kier molecular flexibility index (Phi) is 8.40. The number of Topliss-reactive ketones (excluding diaryl/α,β-unsaturated/α-hetero) is 1. The lowest BCUT2D eigenvalue weighted by Gasteiger charge is -2.34. The Hall–Kier alpha value is -4.04. The van der Waals surface area contributed by atoms with E-state index in [1.165, 1.54) is 9.91 Å². The van der Waals surface area contributed by atoms with Gasteiger partial charge in [-0.15, -0.1) is 0 Å². The van der Waals surface area contributed by atoms with Gasteiger partial charge in [0.2, 0.25) is 0 Å². The van der Waals surface area contributed by atoms with Gasteiger partial charge in [0, 0.05) is 37.9 Å². The van der Waals surface area contributed by atoms with Gasteiger partial charge in [-0.05, 0) is 12.1 Å². The number of carbonyl (C=O) groups excluding carboxylic acids is 3. The molecule has 1 aromatic carbocycles. The van der Waals surface area contributed by atoms with Crippen LogP contribution in [-0.2, 0) is 20.6 Å². The quantitative estimate of drug-likeness (QED) is 0.244. The van der Waals surface area contributed by atoms with Crippen LogP contribution in [0.25, 0.3) is 10.9 Å². The number of rotatable bonds is 7. The van der Waals surface area contributed by atoms with E-state index in [4.69, 9.17) is 0 Å². The van der Waals surface area contributed by atoms with Gasteiger partial charge in [-0.25, -0.2) is 18.9 Å². The highest BCUT2D eigenvalue weighted by Crippen LogP contribution is 2.38. The molecule has 40 heavy (non-hydrogen) atoms. The standard InChI is InChI=1S/C23H23FN7O7P.CH4/c24-17-12-25-21(31-7-6-26-27-31)19-18(17)16(13-30(19)14-38-39(35,36)37)20(32)23(34)29-10-8-28(9-11-29)22(33)15-4-2-1-3-5-15;/h1-5,12-13H,6-11,14H2,(H2,35,36,37);1H4. The van der Waals surface area contributed by atoms with Gasteiger partial charge in [0.1, 0.15) is 6.73 Å². The number of piperazine rings is 1. The maximum absolute atomic E-state index is 15.1. The molecule has 0 radical (unpaired) electrons. The third-order valence-electron chi connectivity index (χ3n) is 6.34. The van der Waals surface area contributed by atoms with Crippen LogP contribution in [0.1, 0.15) is 28.1 Å². The normalized spacial score (nSPS) is 15.4. The van der Waals surface area contributed by atoms with E-state index < -0.39 is 32.1 Å². The minimum atomic E-state index is -4.94. The Morgan fingerprint density at radius 2 is 1.70 bits per heavy atom. The zero-order valence-electron chi connectivity index (χ0n) is 20.4. The van der Waals surface area contributed by atoms with Crippen molar-refractivity contribution in [3.05, 3.63) is 59.7 Å². The predicted octanol–water partition coefficient (Wildman–Crippen LogP) is 2.23. The molecule has 14 nitrogen and oxygen atoms in total. The van der Waals surface area contributed by atoms with Crippen molar-refractivity contribution in [2.75, 3.05) is 44.3 Å². The molecule has 0 atom stereocenters. The summed E-state index contributed by atoms with van der Waals surface area (Å²) in [7, 11) is -4.94. The second-order valence-electron chi connectivity index (χ2n) is 8.77. The summed E-state index contributed by atoms with van der Waals surface area (Å²) in [5.41, 5.74) is 0.138. The monoisotopic (exact) mass is 575 g/mol. The number of aromatic nitrogens is 2. The Morgan fingerprint density at radius 3 is 2.33 bits per heavy atom. The highest BCUT2D eigenvalue weighted by molar-refractivity contribution is 7.46. The molecule has 0 aliphatic carbocycles. The Balaban J connectivity index is 0.00000370. The number of nitrogens with zero attached hydrogens (tertiary/aromatic N) is 7. The van der Waals surface area contributed by atoms with E-state index in [-0.39, 0.29) is 61.8 Å². The molecule has 2 aliphatic rings. The first kappa shape index (κ1) is 29.0. The minimum Gasteiger partial charge on any atom is -0.335 e. The summed E-state index contributed by atoms with van der Waals surface area (Å²) in [6.07, 6.45) is 1.96. The van der Waals surface area contributed by atoms with Gasteiger partial charge in [-0.3, -0.25) is 18.9 Å². The predicted molar refractivity (Wildman–Crippen MR) is 140 cm³/mol. The molecule has 2 amide bonds. The summed E-state index contributed by atoms with van der Waals surface area (Å²) >= 11 is 0. The smallest absolute Gasteiger partial charge is 0.335 e. The van der Waals surface area contributed by atoms with Crippen molar-refractivity contribution in [1.29, 1.82) is 0 Å². The van der Waals surface area contributed by atoms with Gasteiger partial charge >= 0.3 is 7.82 Å². The van der Waals surface area contributed by atoms with Gasteiger partial charge in [0.25, 0.3) is 17.6 Å². The van der Waals surface area contributed by atoms with Crippen LogP contribution in [0.4, 0.5) is 10.2 Å². The third-order valence-corrected chi connectivity index (χ3v) is 6.79. The second kappa shape index (κ2) is 11.6. The molecule has 1 saturated heterocycles. The molecule has 0 saturated carbocycles. The summed E-state index contributed by atoms with van der Waals surface area (Å²) in [5.74, 6) is -2.98. The lowest BCUT2D eigenvalue weighted by atomic mass is 10.1. The Labute approximate surface area is 227 Å². The number of fused-ring (bicyclic) bond motifs is 1. The van der Waals surface area contributed by atoms with Crippen LogP contribution in [-0.4, -0.2) is 86.0 Å². The van der Waals surface area contributed by atoms with E-state index in [1.807, 2.05) is 0 Å². The number of phosphoric acid groups is 1. The molecule has 3 aromatic rings. The second-order valence-corrected chi connectivity index (χ2v) is 10.0. The fraction of sp³-hybridized carbons (Fsp3) is 0.333. The van der Waals surface area contributed by atoms with Crippen molar-refractivity contribution < 1.29 is 37.6 Å². The van der Waals surface area contributed by atoms with E-state index in [0.29, 0.717) is 18.7 Å². The van der Waals surface area contributed by atoms with Crippen molar-refractivity contribution in [3.63, 3.8) is 0 Å². The highest BCUT2D eigenvalue weighted by atomic mass is 31.2. The van der Waals surface area contributed by atoms with Crippen molar-refractivity contribution in [2.24, 2.45) is 10.3 Å². The zero-order valence-corrected chi connectivity index (χ0v) is 21.3. The van der Waals surface area contributed by atoms with Crippen molar-refractivity contribution in [2.45, 2.75) is 14.2 Å². The molecule has 4 heterocycles. The van der Waals surface area contributed by atoms with Gasteiger partial charge in [0.15, 0.2) is 11.6 Å². The number of hydrogen-bond acceptors (Lipinski definition) is 9. The van der Waals surface area contributed by atoms with E-state index in [0.717, 1.165) is 17.0 Å². The SMILES string of the molecule is C.O=C(C(=O)N1CCN(C(=O)c2ccccc2)CC1)c1cn(COP(=O)(O)O)c2c(N3CCN=N3)ncc(F)c12. The number of benzene rings is 1. The average molecular weight is 575 g/mol. The number of carbonyl (C=O) groups is 3. The van der Waals surface area contributed by atoms with Gasteiger partial charge in [0.05, 0.1) is 35.8 Å². The van der Waals surface area contributed by atoms with Gasteiger partial charge in [-0.1, -0.05) is 30.8 Å². The number of halogens is 1. The van der Waals surface area contributed by atoms with Crippen LogP contribution >= 0.6 is 7.82 Å². The van der Waals surface area contributed by atoms with Crippen LogP contribution in [0.2, 0.25) is 0 Å². The fourth-order valence-electron chi connectivity index (χ4n) is 4.47. The number of pyridine rings is 1. The largest absolute Gasteiger partial charge is 0.471 e. The fourth-order valence-corrected chi connectivity index (χ4v) is 4.74. The average Bonchev–Trinajstić information content (AvgIpc) is 3.61. The molecule has 2 aromatic heterocycles. The summed E-state index contributed by atoms with van der Waals surface area (Å²) in [6, 6.07) is 8.68. The van der Waals surface area contributed by atoms with E-state index >= 15 is 4.39 Å². The summed E-state index contributed by atoms with van der Waals surface area (Å²) < 4.78 is 32.1. The number of hydrogen-bond donors (Lipinski definition) is 2. The Morgan fingerprint density at radius 1 is 1.02 bits per heavy atom. The molecule has 0 bridgehead atoms. The molecular formula is C24H27FN7O7P. The molecule has 16 heteroatoms. The third kappa shape index (κ3) is 5.77. The number of anilines is 1. The maximum atomic E-state index is 15.1. The Bertz CT molecular complexity index is 1520. The molecule has 212 valence electrons. The molecular weight excluding hydrogens is 548 g/mol. The molecule has 2 aliphatic heterocycles. The highest BCUT2D eigenvalue weighted by Gasteiger charge is 2.33. The molecule has 0 spiro atoms. The van der Waals surface area contributed by atoms with Crippen molar-refractivity contribution >= 4 is 42.1 Å². The molecule has 2 N–H and O–H groups in total. The summed E-state index contributed by atoms with van der Waals surface area (Å²) in [4.78, 5) is 64.5. The van der Waals surface area contributed by atoms with E-state index in [9.17, 15) is 28.7 Å².